The molecule has 21 heavy (non-hydrogen) atoms. The van der Waals surface area contributed by atoms with Crippen LogP contribution in [0.4, 0.5) is 4.39 Å². The van der Waals surface area contributed by atoms with Gasteiger partial charge in [0, 0.05) is 22.9 Å². The van der Waals surface area contributed by atoms with E-state index in [1.54, 1.807) is 12.1 Å². The summed E-state index contributed by atoms with van der Waals surface area (Å²) in [5.41, 5.74) is 9.56. The maximum absolute atomic E-state index is 14.1. The highest BCUT2D eigenvalue weighted by atomic mass is 19.1. The molecule has 3 aromatic rings. The smallest absolute Gasteiger partial charge is 0.134 e. The third kappa shape index (κ3) is 2.34. The van der Waals surface area contributed by atoms with Crippen molar-refractivity contribution < 1.29 is 8.81 Å². The molecule has 2 N–H and O–H groups in total. The van der Waals surface area contributed by atoms with Crippen molar-refractivity contribution in [2.75, 3.05) is 0 Å². The van der Waals surface area contributed by atoms with Gasteiger partial charge in [-0.25, -0.2) is 4.39 Å². The van der Waals surface area contributed by atoms with Crippen LogP contribution in [0.15, 0.2) is 46.9 Å². The summed E-state index contributed by atoms with van der Waals surface area (Å²) in [5, 5.41) is 0.961. The van der Waals surface area contributed by atoms with Crippen LogP contribution in [0.25, 0.3) is 11.0 Å². The van der Waals surface area contributed by atoms with Crippen LogP contribution in [0.2, 0.25) is 0 Å². The fraction of sp³-hybridized carbons (Fsp3) is 0.222. The van der Waals surface area contributed by atoms with E-state index in [1.807, 2.05) is 38.1 Å². The van der Waals surface area contributed by atoms with Crippen molar-refractivity contribution in [3.8, 4) is 0 Å². The second-order valence-electron chi connectivity index (χ2n) is 5.29. The molecule has 0 saturated heterocycles. The van der Waals surface area contributed by atoms with Gasteiger partial charge < -0.3 is 10.2 Å². The minimum atomic E-state index is -0.525. The number of para-hydroxylation sites is 1. The summed E-state index contributed by atoms with van der Waals surface area (Å²) in [6.07, 6.45) is 0.727. The monoisotopic (exact) mass is 283 g/mol. The Labute approximate surface area is 123 Å². The van der Waals surface area contributed by atoms with E-state index in [-0.39, 0.29) is 5.82 Å². The number of hydrogen-bond donors (Lipinski definition) is 1. The van der Waals surface area contributed by atoms with E-state index in [0.29, 0.717) is 5.56 Å². The van der Waals surface area contributed by atoms with Crippen molar-refractivity contribution >= 4 is 11.0 Å². The molecule has 0 aliphatic rings. The molecule has 3 heteroatoms. The second kappa shape index (κ2) is 5.34. The van der Waals surface area contributed by atoms with E-state index in [2.05, 4.69) is 0 Å². The molecular weight excluding hydrogens is 265 g/mol. The first-order valence-electron chi connectivity index (χ1n) is 7.13. The van der Waals surface area contributed by atoms with Gasteiger partial charge in [0.1, 0.15) is 17.2 Å². The lowest BCUT2D eigenvalue weighted by molar-refractivity contribution is 0.543. The highest BCUT2D eigenvalue weighted by Crippen LogP contribution is 2.34. The molecule has 1 heterocycles. The molecule has 0 aliphatic carbocycles. The first-order chi connectivity index (χ1) is 10.1. The molecule has 1 unspecified atom stereocenters. The molecule has 0 bridgehead atoms. The van der Waals surface area contributed by atoms with Crippen LogP contribution in [0.1, 0.15) is 35.4 Å². The Hall–Kier alpha value is -2.13. The summed E-state index contributed by atoms with van der Waals surface area (Å²) in [4.78, 5) is 0. The highest BCUT2D eigenvalue weighted by Gasteiger charge is 2.22. The van der Waals surface area contributed by atoms with Crippen molar-refractivity contribution in [2.45, 2.75) is 26.3 Å². The van der Waals surface area contributed by atoms with E-state index in [0.717, 1.165) is 34.3 Å². The van der Waals surface area contributed by atoms with Gasteiger partial charge in [0.25, 0.3) is 0 Å². The Morgan fingerprint density at radius 2 is 1.95 bits per heavy atom. The van der Waals surface area contributed by atoms with Crippen LogP contribution in [-0.2, 0) is 6.42 Å². The number of fused-ring (bicyclic) bond motifs is 1. The van der Waals surface area contributed by atoms with Gasteiger partial charge >= 0.3 is 0 Å². The Kier molecular flexibility index (Phi) is 3.52. The summed E-state index contributed by atoms with van der Waals surface area (Å²) >= 11 is 0. The van der Waals surface area contributed by atoms with E-state index in [1.165, 1.54) is 6.07 Å². The van der Waals surface area contributed by atoms with Gasteiger partial charge in [-0.2, -0.15) is 0 Å². The first-order valence-corrected chi connectivity index (χ1v) is 7.13. The summed E-state index contributed by atoms with van der Waals surface area (Å²) in [5.74, 6) is 0.546. The molecule has 2 nitrogen and oxygen atoms in total. The first kappa shape index (κ1) is 13.8. The molecular formula is C18H18FNO. The second-order valence-corrected chi connectivity index (χ2v) is 5.29. The zero-order chi connectivity index (χ0) is 15.0. The number of benzene rings is 2. The van der Waals surface area contributed by atoms with Gasteiger partial charge in [-0.05, 0) is 19.1 Å². The summed E-state index contributed by atoms with van der Waals surface area (Å²) in [6, 6.07) is 12.3. The highest BCUT2D eigenvalue weighted by molar-refractivity contribution is 5.83. The fourth-order valence-electron chi connectivity index (χ4n) is 2.78. The van der Waals surface area contributed by atoms with E-state index in [9.17, 15) is 4.39 Å². The molecule has 108 valence electrons. The van der Waals surface area contributed by atoms with Crippen molar-refractivity contribution in [1.29, 1.82) is 0 Å². The number of rotatable bonds is 3. The predicted octanol–water partition coefficient (Wildman–Crippen LogP) is 4.49. The maximum Gasteiger partial charge on any atom is 0.134 e. The third-order valence-corrected chi connectivity index (χ3v) is 3.83. The SMILES string of the molecule is CCc1oc2ccccc2c1C(N)c1cc(C)ccc1F. The molecule has 0 fully saturated rings. The van der Waals surface area contributed by atoms with Gasteiger partial charge in [0.2, 0.25) is 0 Å². The summed E-state index contributed by atoms with van der Waals surface area (Å²) < 4.78 is 20.0. The lowest BCUT2D eigenvalue weighted by Gasteiger charge is -2.14. The van der Waals surface area contributed by atoms with E-state index in [4.69, 9.17) is 10.2 Å². The van der Waals surface area contributed by atoms with Crippen molar-refractivity contribution in [1.82, 2.24) is 0 Å². The lowest BCUT2D eigenvalue weighted by Crippen LogP contribution is -2.15. The molecule has 0 radical (unpaired) electrons. The molecule has 1 atom stereocenters. The normalized spacial score (nSPS) is 12.8. The van der Waals surface area contributed by atoms with Gasteiger partial charge in [-0.1, -0.05) is 42.8 Å². The number of furan rings is 1. The van der Waals surface area contributed by atoms with Crippen LogP contribution >= 0.6 is 0 Å². The molecule has 0 amide bonds. The minimum Gasteiger partial charge on any atom is -0.461 e. The maximum atomic E-state index is 14.1. The zero-order valence-corrected chi connectivity index (χ0v) is 12.2. The average Bonchev–Trinajstić information content (AvgIpc) is 2.87. The van der Waals surface area contributed by atoms with Crippen molar-refractivity contribution in [3.63, 3.8) is 0 Å². The molecule has 2 aromatic carbocycles. The van der Waals surface area contributed by atoms with Crippen LogP contribution in [0.5, 0.6) is 0 Å². The molecule has 0 aliphatic heterocycles. The molecule has 1 aromatic heterocycles. The Morgan fingerprint density at radius 3 is 2.71 bits per heavy atom. The summed E-state index contributed by atoms with van der Waals surface area (Å²) in [6.45, 7) is 3.95. The van der Waals surface area contributed by atoms with Gasteiger partial charge in [-0.15, -0.1) is 0 Å². The van der Waals surface area contributed by atoms with Gasteiger partial charge in [-0.3, -0.25) is 0 Å². The lowest BCUT2D eigenvalue weighted by atomic mass is 9.94. The van der Waals surface area contributed by atoms with E-state index < -0.39 is 6.04 Å². The van der Waals surface area contributed by atoms with Crippen LogP contribution in [0.3, 0.4) is 0 Å². The third-order valence-electron chi connectivity index (χ3n) is 3.83. The topological polar surface area (TPSA) is 39.2 Å². The standard InChI is InChI=1S/C18H18FNO/c1-3-15-17(12-6-4-5-7-16(12)21-15)18(20)13-10-11(2)8-9-14(13)19/h4-10,18H,3,20H2,1-2H3. The Balaban J connectivity index is 2.21. The number of halogens is 1. The molecule has 0 spiro atoms. The van der Waals surface area contributed by atoms with Crippen molar-refractivity contribution in [3.05, 3.63) is 70.7 Å². The average molecular weight is 283 g/mol. The quantitative estimate of drug-likeness (QED) is 0.769. The predicted molar refractivity (Wildman–Crippen MR) is 82.8 cm³/mol. The molecule has 0 saturated carbocycles. The Bertz CT molecular complexity index is 791. The van der Waals surface area contributed by atoms with Crippen molar-refractivity contribution in [2.24, 2.45) is 5.73 Å². The van der Waals surface area contributed by atoms with E-state index >= 15 is 0 Å². The van der Waals surface area contributed by atoms with Gasteiger partial charge in [0.15, 0.2) is 0 Å². The van der Waals surface area contributed by atoms with Gasteiger partial charge in [0.05, 0.1) is 6.04 Å². The zero-order valence-electron chi connectivity index (χ0n) is 12.2. The Morgan fingerprint density at radius 1 is 1.19 bits per heavy atom. The number of aryl methyl sites for hydroxylation is 2. The largest absolute Gasteiger partial charge is 0.461 e. The number of hydrogen-bond acceptors (Lipinski definition) is 2. The minimum absolute atomic E-state index is 0.277. The molecule has 3 rings (SSSR count). The summed E-state index contributed by atoms with van der Waals surface area (Å²) in [7, 11) is 0. The van der Waals surface area contributed by atoms with Crippen LogP contribution < -0.4 is 5.73 Å². The fourth-order valence-corrected chi connectivity index (χ4v) is 2.78. The van der Waals surface area contributed by atoms with Crippen LogP contribution in [0, 0.1) is 12.7 Å². The number of nitrogens with two attached hydrogens (primary N) is 1. The van der Waals surface area contributed by atoms with Crippen LogP contribution in [-0.4, -0.2) is 0 Å².